The second kappa shape index (κ2) is 30.0. The van der Waals surface area contributed by atoms with Crippen LogP contribution >= 0.6 is 0 Å². The number of hydrogen-bond acceptors (Lipinski definition) is 0. The van der Waals surface area contributed by atoms with E-state index >= 15 is 0 Å². The maximum absolute atomic E-state index is 2.30. The first kappa shape index (κ1) is 34.4. The van der Waals surface area contributed by atoms with Crippen molar-refractivity contribution in [2.24, 2.45) is 0 Å². The van der Waals surface area contributed by atoms with Gasteiger partial charge in [0.15, 0.2) is 30.4 Å². The normalized spacial score (nSPS) is 8.00. The van der Waals surface area contributed by atoms with Crippen molar-refractivity contribution in [3.8, 4) is 0 Å². The fourth-order valence-electron chi connectivity index (χ4n) is 1.54. The Morgan fingerprint density at radius 1 is 0.476 bits per heavy atom. The first-order valence-corrected chi connectivity index (χ1v) is 15.5. The molecule has 0 aromatic rings. The molecule has 0 aliphatic carbocycles. The molecule has 0 unspecified atom stereocenters. The predicted octanol–water partition coefficient (Wildman–Crippen LogP) is 6.15. The fraction of sp³-hybridized carbons (Fsp3) is 1.00. The third kappa shape index (κ3) is 87.6. The monoisotopic (exact) mass is 356 g/mol. The molecule has 0 saturated heterocycles. The van der Waals surface area contributed by atoms with Crippen LogP contribution in [0.1, 0.15) is 55.4 Å². The van der Waals surface area contributed by atoms with Crippen LogP contribution in [0.25, 0.3) is 0 Å². The minimum Gasteiger partial charge on any atom is -2.00 e. The van der Waals surface area contributed by atoms with Crippen LogP contribution in [0.4, 0.5) is 0 Å². The van der Waals surface area contributed by atoms with Gasteiger partial charge in [0.2, 0.25) is 0 Å². The third-order valence-corrected chi connectivity index (χ3v) is 4.62. The summed E-state index contributed by atoms with van der Waals surface area (Å²) in [6.07, 6.45) is 0. The number of rotatable bonds is 4. The van der Waals surface area contributed by atoms with Gasteiger partial charge in [-0.05, 0) is 0 Å². The molecule has 0 aliphatic rings. The molecule has 1 nitrogen and oxygen atoms in total. The first-order valence-electron chi connectivity index (χ1n) is 8.26. The first-order chi connectivity index (χ1) is 9.08. The Hall–Kier alpha value is 2.09. The molecule has 0 amide bonds. The van der Waals surface area contributed by atoms with E-state index in [1.54, 1.807) is 0 Å². The van der Waals surface area contributed by atoms with Crippen molar-refractivity contribution in [2.45, 2.75) is 97.7 Å². The van der Waals surface area contributed by atoms with Gasteiger partial charge in [0.05, 0.1) is 0 Å². The van der Waals surface area contributed by atoms with Gasteiger partial charge in [-0.1, -0.05) is 0 Å². The van der Waals surface area contributed by atoms with Gasteiger partial charge in [0, 0.05) is 0 Å². The van der Waals surface area contributed by atoms with E-state index in [9.17, 15) is 0 Å². The molecule has 0 spiro atoms. The summed E-state index contributed by atoms with van der Waals surface area (Å²) < 4.78 is 3.83. The van der Waals surface area contributed by atoms with Crippen LogP contribution in [0.15, 0.2) is 0 Å². The number of hydrogen-bond donors (Lipinski definition) is 0. The molecule has 0 aromatic carbocycles. The van der Waals surface area contributed by atoms with Gasteiger partial charge < -0.3 is 5.48 Å². The molecule has 5 heteroatoms. The van der Waals surface area contributed by atoms with E-state index in [1.165, 1.54) is 0 Å². The summed E-state index contributed by atoms with van der Waals surface area (Å²) in [6.45, 7) is 18.4. The summed E-state index contributed by atoms with van der Waals surface area (Å²) in [4.78, 5) is 0. The van der Waals surface area contributed by atoms with Crippen LogP contribution in [0.2, 0.25) is 42.3 Å². The second-order valence-electron chi connectivity index (χ2n) is 6.52. The average Bonchev–Trinajstić information content (AvgIpc) is 2.15. The van der Waals surface area contributed by atoms with Crippen molar-refractivity contribution >= 4 is 60.9 Å². The van der Waals surface area contributed by atoms with Crippen LogP contribution in [0.5, 0.6) is 0 Å². The molecule has 0 aliphatic heterocycles. The SMILES string of the molecule is C[CH](C)[Al+][CH](C)C.C[CH](C)[Al+][CH](C)C.[CH3][Al][CH3].[CH3][Al][CH3].[O-2]. The quantitative estimate of drug-likeness (QED) is 0.541. The predicted molar refractivity (Wildman–Crippen MR) is 108 cm³/mol. The van der Waals surface area contributed by atoms with Crippen LogP contribution < -0.4 is 0 Å². The van der Waals surface area contributed by atoms with E-state index in [1.807, 2.05) is 0 Å². The van der Waals surface area contributed by atoms with Crippen molar-refractivity contribution in [1.82, 2.24) is 0 Å². The molecular formula is C16H40Al4O. The summed E-state index contributed by atoms with van der Waals surface area (Å²) >= 11 is 2.93. The van der Waals surface area contributed by atoms with Gasteiger partial charge in [-0.2, -0.15) is 0 Å². The fourth-order valence-corrected chi connectivity index (χ4v) is 4.62. The maximum atomic E-state index is 2.30. The van der Waals surface area contributed by atoms with Gasteiger partial charge in [0.1, 0.15) is 0 Å². The molecule has 122 valence electrons. The Labute approximate surface area is 163 Å². The van der Waals surface area contributed by atoms with Crippen molar-refractivity contribution in [1.29, 1.82) is 0 Å². The van der Waals surface area contributed by atoms with Crippen molar-refractivity contribution in [3.05, 3.63) is 0 Å². The van der Waals surface area contributed by atoms with E-state index in [-0.39, 0.29) is 5.48 Å². The molecule has 2 radical (unpaired) electrons. The molecule has 21 heavy (non-hydrogen) atoms. The Morgan fingerprint density at radius 3 is 0.571 bits per heavy atom. The zero-order valence-electron chi connectivity index (χ0n) is 17.0. The molecule has 0 N–H and O–H groups in total. The van der Waals surface area contributed by atoms with E-state index in [0.717, 1.165) is 49.6 Å². The topological polar surface area (TPSA) is 28.5 Å². The Morgan fingerprint density at radius 2 is 0.571 bits per heavy atom. The van der Waals surface area contributed by atoms with Gasteiger partial charge in [-0.3, -0.25) is 0 Å². The largest absolute Gasteiger partial charge is 2.00 e. The Balaban J connectivity index is -0.0000000576. The van der Waals surface area contributed by atoms with E-state index in [0.29, 0.717) is 30.4 Å². The van der Waals surface area contributed by atoms with Crippen LogP contribution in [0.3, 0.4) is 0 Å². The summed E-state index contributed by atoms with van der Waals surface area (Å²) in [6, 6.07) is 0. The van der Waals surface area contributed by atoms with Gasteiger partial charge in [0.25, 0.3) is 0 Å². The second-order valence-corrected chi connectivity index (χ2v) is 14.9. The minimum atomic E-state index is 0. The molecular weight excluding hydrogens is 316 g/mol. The van der Waals surface area contributed by atoms with Gasteiger partial charge >= 0.3 is 105 Å². The van der Waals surface area contributed by atoms with Crippen LogP contribution in [0, 0.1) is 0 Å². The van der Waals surface area contributed by atoms with Crippen molar-refractivity contribution in [2.75, 3.05) is 0 Å². The molecule has 0 heterocycles. The average molecular weight is 356 g/mol. The van der Waals surface area contributed by atoms with E-state index in [4.69, 9.17) is 0 Å². The zero-order valence-corrected chi connectivity index (χ0v) is 21.6. The summed E-state index contributed by atoms with van der Waals surface area (Å²) in [5.74, 6) is 8.83. The molecule has 0 atom stereocenters. The smallest absolute Gasteiger partial charge is 0.191 e. The van der Waals surface area contributed by atoms with Gasteiger partial charge in [-0.25, -0.2) is 0 Å². The Bertz CT molecular complexity index is 112. The summed E-state index contributed by atoms with van der Waals surface area (Å²) in [7, 11) is 0. The maximum Gasteiger partial charge on any atom is 0.191 e. The molecule has 0 aromatic heterocycles. The summed E-state index contributed by atoms with van der Waals surface area (Å²) in [5, 5.41) is 0. The van der Waals surface area contributed by atoms with Crippen molar-refractivity contribution in [3.63, 3.8) is 0 Å². The third-order valence-electron chi connectivity index (χ3n) is 1.54. The molecule has 0 rings (SSSR count). The van der Waals surface area contributed by atoms with Crippen LogP contribution in [-0.4, -0.2) is 60.9 Å². The molecule has 0 saturated carbocycles. The van der Waals surface area contributed by atoms with Gasteiger partial charge in [-0.15, -0.1) is 23.1 Å². The standard InChI is InChI=1S/4C3H7.4CH3.4Al.O/c4*1-3-2;;;;;;;;;/h4*3H,1-2H3;4*1H3;;;;;/q;;;;;;;;;;2*+1;-2. The van der Waals surface area contributed by atoms with Crippen LogP contribution in [-0.2, 0) is 5.48 Å². The zero-order chi connectivity index (χ0) is 17.1. The summed E-state index contributed by atoms with van der Waals surface area (Å²) in [5.41, 5.74) is 0. The molecule has 0 bridgehead atoms. The van der Waals surface area contributed by atoms with E-state index in [2.05, 4.69) is 78.5 Å². The van der Waals surface area contributed by atoms with E-state index < -0.39 is 0 Å². The van der Waals surface area contributed by atoms with Crippen molar-refractivity contribution < 1.29 is 5.48 Å². The minimum absolute atomic E-state index is 0. The molecule has 0 fully saturated rings. The Kier molecular flexibility index (Phi) is 49.2.